The molecule has 6 rings (SSSR count). The number of nitrogens with zero attached hydrogens (tertiary/aromatic N) is 2. The van der Waals surface area contributed by atoms with Gasteiger partial charge in [-0.1, -0.05) is 36.1 Å². The number of ether oxygens (including phenoxy) is 2. The number of hydrogen-bond donors (Lipinski definition) is 1. The van der Waals surface area contributed by atoms with Crippen LogP contribution in [-0.2, 0) is 16.0 Å². The number of ketones is 1. The number of anilines is 1. The maximum Gasteiger partial charge on any atom is 0.301 e. The van der Waals surface area contributed by atoms with Crippen molar-refractivity contribution in [1.29, 1.82) is 0 Å². The molecule has 9 heteroatoms. The van der Waals surface area contributed by atoms with Gasteiger partial charge in [-0.15, -0.1) is 0 Å². The fourth-order valence-electron chi connectivity index (χ4n) is 4.99. The van der Waals surface area contributed by atoms with Gasteiger partial charge in [-0.2, -0.15) is 0 Å². The van der Waals surface area contributed by atoms with Gasteiger partial charge in [0, 0.05) is 12.0 Å². The number of hydrogen-bond acceptors (Lipinski definition) is 7. The van der Waals surface area contributed by atoms with Crippen molar-refractivity contribution < 1.29 is 28.6 Å². The minimum absolute atomic E-state index is 0.00477. The number of halogens is 1. The molecular formula is C30H23FN2O5S. The van der Waals surface area contributed by atoms with E-state index in [0.717, 1.165) is 22.6 Å². The van der Waals surface area contributed by atoms with Crippen LogP contribution in [0.2, 0.25) is 0 Å². The summed E-state index contributed by atoms with van der Waals surface area (Å²) in [5, 5.41) is 11.7. The van der Waals surface area contributed by atoms with Crippen LogP contribution >= 0.6 is 11.3 Å². The van der Waals surface area contributed by atoms with Crippen molar-refractivity contribution in [3.05, 3.63) is 101 Å². The molecule has 1 amide bonds. The van der Waals surface area contributed by atoms with E-state index in [4.69, 9.17) is 9.47 Å². The molecule has 1 aromatic heterocycles. The lowest BCUT2D eigenvalue weighted by Gasteiger charge is -2.23. The quantitative estimate of drug-likeness (QED) is 0.140. The van der Waals surface area contributed by atoms with Crippen molar-refractivity contribution in [1.82, 2.24) is 4.98 Å². The van der Waals surface area contributed by atoms with E-state index in [-0.39, 0.29) is 29.2 Å². The summed E-state index contributed by atoms with van der Waals surface area (Å²) in [5.41, 5.74) is 2.28. The topological polar surface area (TPSA) is 89.0 Å². The van der Waals surface area contributed by atoms with Gasteiger partial charge in [-0.05, 0) is 66.6 Å². The average Bonchev–Trinajstić information content (AvgIpc) is 3.59. The van der Waals surface area contributed by atoms with Crippen LogP contribution in [0.3, 0.4) is 0 Å². The zero-order valence-corrected chi connectivity index (χ0v) is 21.7. The van der Waals surface area contributed by atoms with Crippen molar-refractivity contribution in [2.75, 3.05) is 11.5 Å². The molecule has 196 valence electrons. The summed E-state index contributed by atoms with van der Waals surface area (Å²) < 4.78 is 25.9. The van der Waals surface area contributed by atoms with Crippen LogP contribution in [0.5, 0.6) is 11.5 Å². The van der Waals surface area contributed by atoms with Crippen LogP contribution in [0.4, 0.5) is 9.52 Å². The summed E-state index contributed by atoms with van der Waals surface area (Å²) in [5.74, 6) is -1.18. The fourth-order valence-corrected chi connectivity index (χ4v) is 6.01. The predicted octanol–water partition coefficient (Wildman–Crippen LogP) is 5.95. The zero-order valence-electron chi connectivity index (χ0n) is 20.9. The summed E-state index contributed by atoms with van der Waals surface area (Å²) in [6.07, 6.45) is 2.28. The number of aliphatic hydroxyl groups excluding tert-OH is 1. The Bertz CT molecular complexity index is 1690. The van der Waals surface area contributed by atoms with Gasteiger partial charge in [0.2, 0.25) is 0 Å². The number of Topliss-reactive ketones (excluding diaryl/α,β-unsaturated/α-hetero) is 1. The maximum atomic E-state index is 13.9. The molecule has 3 heterocycles. The lowest BCUT2D eigenvalue weighted by Crippen LogP contribution is -2.29. The molecule has 2 aliphatic heterocycles. The number of benzene rings is 3. The highest BCUT2D eigenvalue weighted by molar-refractivity contribution is 7.22. The van der Waals surface area contributed by atoms with E-state index in [1.807, 2.05) is 6.92 Å². The normalized spacial score (nSPS) is 19.8. The second kappa shape index (κ2) is 9.67. The first-order chi connectivity index (χ1) is 18.8. The standard InChI is InChI=1S/C30H23FN2O5S/c1-3-11-37-21-6-4-5-17(14-21)26-25(27(34)18-7-10-23-19(13-18)12-16(2)38-23)28(35)29(36)33(26)30-32-22-9-8-20(31)15-24(22)39-30/h3-10,13-16,26,34H,1,11-12H2,2H3/t16-,26-/m1/s1. The van der Waals surface area contributed by atoms with E-state index in [0.29, 0.717) is 33.5 Å². The summed E-state index contributed by atoms with van der Waals surface area (Å²) in [7, 11) is 0. The van der Waals surface area contributed by atoms with Crippen LogP contribution in [0.1, 0.15) is 29.7 Å². The SMILES string of the molecule is C=CCOc1cccc([C@@H]2C(=C(O)c3ccc4c(c3)C[C@@H](C)O4)C(=O)C(=O)N2c2nc3ccc(F)cc3s2)c1. The van der Waals surface area contributed by atoms with E-state index in [2.05, 4.69) is 11.6 Å². The summed E-state index contributed by atoms with van der Waals surface area (Å²) in [6, 6.07) is 15.3. The third kappa shape index (κ3) is 4.34. The summed E-state index contributed by atoms with van der Waals surface area (Å²) in [6.45, 7) is 5.89. The Balaban J connectivity index is 1.53. The highest BCUT2D eigenvalue weighted by Gasteiger charge is 2.48. The fraction of sp³-hybridized carbons (Fsp3) is 0.167. The van der Waals surface area contributed by atoms with Crippen LogP contribution < -0.4 is 14.4 Å². The Kier molecular flexibility index (Phi) is 6.15. The molecule has 2 atom stereocenters. The number of carbonyl (C=O) groups excluding carboxylic acids is 2. The highest BCUT2D eigenvalue weighted by Crippen LogP contribution is 2.45. The van der Waals surface area contributed by atoms with E-state index < -0.39 is 23.5 Å². The number of amides is 1. The van der Waals surface area contributed by atoms with Crippen molar-refractivity contribution in [3.8, 4) is 11.5 Å². The molecule has 1 fully saturated rings. The molecule has 0 aliphatic carbocycles. The number of rotatable bonds is 6. The minimum Gasteiger partial charge on any atom is -0.507 e. The Morgan fingerprint density at radius 2 is 2.08 bits per heavy atom. The first-order valence-corrected chi connectivity index (χ1v) is 13.2. The first-order valence-electron chi connectivity index (χ1n) is 12.3. The lowest BCUT2D eigenvalue weighted by atomic mass is 9.94. The maximum absolute atomic E-state index is 13.9. The Morgan fingerprint density at radius 1 is 1.23 bits per heavy atom. The minimum atomic E-state index is -0.994. The second-order valence-electron chi connectivity index (χ2n) is 9.40. The molecular weight excluding hydrogens is 519 g/mol. The third-order valence-electron chi connectivity index (χ3n) is 6.70. The molecule has 3 aromatic carbocycles. The van der Waals surface area contributed by atoms with Gasteiger partial charge in [0.25, 0.3) is 5.78 Å². The van der Waals surface area contributed by atoms with Gasteiger partial charge < -0.3 is 14.6 Å². The van der Waals surface area contributed by atoms with Crippen molar-refractivity contribution in [2.24, 2.45) is 0 Å². The molecule has 0 saturated carbocycles. The monoisotopic (exact) mass is 542 g/mol. The van der Waals surface area contributed by atoms with Crippen LogP contribution in [0.15, 0.2) is 78.9 Å². The van der Waals surface area contributed by atoms with Crippen molar-refractivity contribution in [2.45, 2.75) is 25.5 Å². The Hall–Kier alpha value is -4.50. The van der Waals surface area contributed by atoms with Gasteiger partial charge in [0.1, 0.15) is 35.8 Å². The largest absolute Gasteiger partial charge is 0.507 e. The van der Waals surface area contributed by atoms with E-state index >= 15 is 0 Å². The summed E-state index contributed by atoms with van der Waals surface area (Å²) in [4.78, 5) is 32.9. The van der Waals surface area contributed by atoms with Crippen LogP contribution in [-0.4, -0.2) is 34.5 Å². The number of fused-ring (bicyclic) bond motifs is 2. The van der Waals surface area contributed by atoms with Crippen molar-refractivity contribution >= 4 is 44.1 Å². The van der Waals surface area contributed by atoms with E-state index in [1.165, 1.54) is 23.1 Å². The molecule has 1 N–H and O–H groups in total. The number of thiazole rings is 1. The zero-order chi connectivity index (χ0) is 27.3. The molecule has 2 aliphatic rings. The highest BCUT2D eigenvalue weighted by atomic mass is 32.1. The van der Waals surface area contributed by atoms with Gasteiger partial charge in [-0.3, -0.25) is 14.5 Å². The van der Waals surface area contributed by atoms with E-state index in [1.54, 1.807) is 48.5 Å². The lowest BCUT2D eigenvalue weighted by molar-refractivity contribution is -0.132. The molecule has 0 bridgehead atoms. The van der Waals surface area contributed by atoms with Crippen LogP contribution in [0, 0.1) is 5.82 Å². The molecule has 7 nitrogen and oxygen atoms in total. The number of aromatic nitrogens is 1. The van der Waals surface area contributed by atoms with Gasteiger partial charge in [0.15, 0.2) is 5.13 Å². The molecule has 1 saturated heterocycles. The Labute approximate surface area is 227 Å². The van der Waals surface area contributed by atoms with Gasteiger partial charge >= 0.3 is 5.91 Å². The van der Waals surface area contributed by atoms with Gasteiger partial charge in [-0.25, -0.2) is 9.37 Å². The molecule has 4 aromatic rings. The van der Waals surface area contributed by atoms with Crippen LogP contribution in [0.25, 0.3) is 16.0 Å². The molecule has 0 spiro atoms. The molecule has 0 unspecified atom stereocenters. The Morgan fingerprint density at radius 3 is 2.90 bits per heavy atom. The number of aliphatic hydroxyl groups is 1. The van der Waals surface area contributed by atoms with E-state index in [9.17, 15) is 19.1 Å². The first kappa shape index (κ1) is 24.8. The summed E-state index contributed by atoms with van der Waals surface area (Å²) >= 11 is 1.09. The predicted molar refractivity (Wildman–Crippen MR) is 147 cm³/mol. The number of carbonyl (C=O) groups is 2. The second-order valence-corrected chi connectivity index (χ2v) is 10.4. The van der Waals surface area contributed by atoms with Gasteiger partial charge in [0.05, 0.1) is 21.8 Å². The van der Waals surface area contributed by atoms with Crippen molar-refractivity contribution in [3.63, 3.8) is 0 Å². The molecule has 39 heavy (non-hydrogen) atoms. The third-order valence-corrected chi connectivity index (χ3v) is 7.72. The smallest absolute Gasteiger partial charge is 0.301 e. The molecule has 0 radical (unpaired) electrons. The average molecular weight is 543 g/mol.